The minimum atomic E-state index is -0.742. The van der Waals surface area contributed by atoms with Gasteiger partial charge in [-0.25, -0.2) is 0 Å². The van der Waals surface area contributed by atoms with E-state index >= 15 is 0 Å². The average molecular weight is 295 g/mol. The number of benzene rings is 2. The molecule has 0 saturated heterocycles. The summed E-state index contributed by atoms with van der Waals surface area (Å²) < 4.78 is 0. The number of aliphatic hydroxyl groups excluding tert-OH is 1. The van der Waals surface area contributed by atoms with Crippen molar-refractivity contribution in [2.45, 2.75) is 25.4 Å². The van der Waals surface area contributed by atoms with Crippen LogP contribution in [0.25, 0.3) is 0 Å². The van der Waals surface area contributed by atoms with Gasteiger partial charge in [-0.05, 0) is 18.1 Å². The Kier molecular flexibility index (Phi) is 4.92. The lowest BCUT2D eigenvalue weighted by atomic mass is 9.85. The molecule has 0 radical (unpaired) electrons. The summed E-state index contributed by atoms with van der Waals surface area (Å²) in [7, 11) is 0. The standard InChI is InChI=1S/C18H17NO3/c1-3-4-17(20)18(14-7-5-13(2)6-8-14)15-9-11-16(12-10-15)19(21)22/h1,5-12,17-18,20H,4H2,2H3. The van der Waals surface area contributed by atoms with E-state index in [1.54, 1.807) is 12.1 Å². The smallest absolute Gasteiger partial charge is 0.269 e. The number of nitro benzene ring substituents is 1. The Morgan fingerprint density at radius 3 is 2.09 bits per heavy atom. The molecule has 0 aliphatic heterocycles. The van der Waals surface area contributed by atoms with Crippen molar-refractivity contribution >= 4 is 5.69 Å². The molecule has 4 heteroatoms. The van der Waals surface area contributed by atoms with Crippen LogP contribution < -0.4 is 0 Å². The number of rotatable bonds is 5. The van der Waals surface area contributed by atoms with Crippen LogP contribution in [0.2, 0.25) is 0 Å². The van der Waals surface area contributed by atoms with Crippen LogP contribution in [0.15, 0.2) is 48.5 Å². The lowest BCUT2D eigenvalue weighted by Crippen LogP contribution is -2.19. The number of aliphatic hydroxyl groups is 1. The molecule has 0 heterocycles. The predicted octanol–water partition coefficient (Wildman–Crippen LogP) is 3.42. The summed E-state index contributed by atoms with van der Waals surface area (Å²) in [5.41, 5.74) is 2.88. The van der Waals surface area contributed by atoms with Crippen molar-refractivity contribution in [3.8, 4) is 12.3 Å². The van der Waals surface area contributed by atoms with Gasteiger partial charge in [0.05, 0.1) is 11.0 Å². The molecule has 0 fully saturated rings. The van der Waals surface area contributed by atoms with Crippen LogP contribution in [-0.2, 0) is 0 Å². The number of hydrogen-bond donors (Lipinski definition) is 1. The summed E-state index contributed by atoms with van der Waals surface area (Å²) >= 11 is 0. The Balaban J connectivity index is 2.41. The fourth-order valence-electron chi connectivity index (χ4n) is 2.45. The Morgan fingerprint density at radius 2 is 1.64 bits per heavy atom. The lowest BCUT2D eigenvalue weighted by Gasteiger charge is -2.22. The number of hydrogen-bond acceptors (Lipinski definition) is 3. The molecule has 0 aliphatic carbocycles. The summed E-state index contributed by atoms with van der Waals surface area (Å²) in [5, 5.41) is 21.1. The van der Waals surface area contributed by atoms with Crippen molar-refractivity contribution in [2.24, 2.45) is 0 Å². The molecule has 2 atom stereocenters. The van der Waals surface area contributed by atoms with Gasteiger partial charge in [-0.2, -0.15) is 0 Å². The predicted molar refractivity (Wildman–Crippen MR) is 85.6 cm³/mol. The molecular formula is C18H17NO3. The minimum Gasteiger partial charge on any atom is -0.391 e. The maximum Gasteiger partial charge on any atom is 0.269 e. The van der Waals surface area contributed by atoms with Gasteiger partial charge < -0.3 is 5.11 Å². The van der Waals surface area contributed by atoms with Crippen LogP contribution in [0.4, 0.5) is 5.69 Å². The summed E-state index contributed by atoms with van der Waals surface area (Å²) in [5.74, 6) is 2.16. The molecular weight excluding hydrogens is 278 g/mol. The first-order valence-corrected chi connectivity index (χ1v) is 6.95. The molecule has 0 aliphatic rings. The van der Waals surface area contributed by atoms with Gasteiger partial charge in [-0.15, -0.1) is 12.3 Å². The second kappa shape index (κ2) is 6.88. The first kappa shape index (κ1) is 15.7. The van der Waals surface area contributed by atoms with Gasteiger partial charge in [0, 0.05) is 24.5 Å². The third-order valence-electron chi connectivity index (χ3n) is 3.61. The third-order valence-corrected chi connectivity index (χ3v) is 3.61. The van der Waals surface area contributed by atoms with Gasteiger partial charge in [-0.3, -0.25) is 10.1 Å². The molecule has 2 unspecified atom stereocenters. The zero-order chi connectivity index (χ0) is 16.1. The van der Waals surface area contributed by atoms with Gasteiger partial charge in [0.25, 0.3) is 5.69 Å². The van der Waals surface area contributed by atoms with Gasteiger partial charge in [-0.1, -0.05) is 42.0 Å². The molecule has 1 N–H and O–H groups in total. The molecule has 112 valence electrons. The van der Waals surface area contributed by atoms with Gasteiger partial charge in [0.15, 0.2) is 0 Å². The van der Waals surface area contributed by atoms with Crippen molar-refractivity contribution in [2.75, 3.05) is 0 Å². The quantitative estimate of drug-likeness (QED) is 0.522. The van der Waals surface area contributed by atoms with Crippen molar-refractivity contribution in [3.05, 3.63) is 75.3 Å². The first-order chi connectivity index (χ1) is 10.5. The average Bonchev–Trinajstić information content (AvgIpc) is 2.50. The topological polar surface area (TPSA) is 63.4 Å². The van der Waals surface area contributed by atoms with Crippen molar-refractivity contribution in [3.63, 3.8) is 0 Å². The number of non-ortho nitro benzene ring substituents is 1. The maximum atomic E-state index is 10.8. The largest absolute Gasteiger partial charge is 0.391 e. The molecule has 2 rings (SSSR count). The Hall–Kier alpha value is -2.64. The Labute approximate surface area is 129 Å². The molecule has 2 aromatic carbocycles. The van der Waals surface area contributed by atoms with E-state index in [-0.39, 0.29) is 18.0 Å². The van der Waals surface area contributed by atoms with Gasteiger partial charge >= 0.3 is 0 Å². The van der Waals surface area contributed by atoms with Gasteiger partial charge in [0.2, 0.25) is 0 Å². The van der Waals surface area contributed by atoms with Crippen LogP contribution >= 0.6 is 0 Å². The molecule has 0 saturated carbocycles. The van der Waals surface area contributed by atoms with Crippen LogP contribution in [-0.4, -0.2) is 16.1 Å². The van der Waals surface area contributed by atoms with Crippen molar-refractivity contribution in [1.82, 2.24) is 0 Å². The second-order valence-corrected chi connectivity index (χ2v) is 5.21. The van der Waals surface area contributed by atoms with Crippen LogP contribution in [0.3, 0.4) is 0 Å². The highest BCUT2D eigenvalue weighted by atomic mass is 16.6. The minimum absolute atomic E-state index is 0.0258. The van der Waals surface area contributed by atoms with E-state index in [9.17, 15) is 15.2 Å². The van der Waals surface area contributed by atoms with Crippen molar-refractivity contribution in [1.29, 1.82) is 0 Å². The van der Waals surface area contributed by atoms with E-state index in [4.69, 9.17) is 6.42 Å². The van der Waals surface area contributed by atoms with E-state index in [2.05, 4.69) is 5.92 Å². The summed E-state index contributed by atoms with van der Waals surface area (Å²) in [6.45, 7) is 1.99. The molecule has 0 spiro atoms. The van der Waals surface area contributed by atoms with Crippen molar-refractivity contribution < 1.29 is 10.0 Å². The summed E-state index contributed by atoms with van der Waals surface area (Å²) in [6.07, 6.45) is 4.79. The normalized spacial score (nSPS) is 13.1. The number of nitrogens with zero attached hydrogens (tertiary/aromatic N) is 1. The lowest BCUT2D eigenvalue weighted by molar-refractivity contribution is -0.384. The highest BCUT2D eigenvalue weighted by molar-refractivity contribution is 5.40. The second-order valence-electron chi connectivity index (χ2n) is 5.21. The fourth-order valence-corrected chi connectivity index (χ4v) is 2.45. The zero-order valence-corrected chi connectivity index (χ0v) is 12.3. The van der Waals surface area contributed by atoms with Gasteiger partial charge in [0.1, 0.15) is 0 Å². The molecule has 4 nitrogen and oxygen atoms in total. The SMILES string of the molecule is C#CCC(O)C(c1ccc(C)cc1)c1ccc([N+](=O)[O-])cc1. The van der Waals surface area contributed by atoms with E-state index in [1.807, 2.05) is 31.2 Å². The molecule has 0 amide bonds. The van der Waals surface area contributed by atoms with Crippen LogP contribution in [0.5, 0.6) is 0 Å². The molecule has 0 bridgehead atoms. The first-order valence-electron chi connectivity index (χ1n) is 6.95. The number of aryl methyl sites for hydroxylation is 1. The molecule has 2 aromatic rings. The van der Waals surface area contributed by atoms with E-state index < -0.39 is 11.0 Å². The van der Waals surface area contributed by atoms with E-state index in [0.717, 1.165) is 16.7 Å². The number of nitro groups is 1. The zero-order valence-electron chi connectivity index (χ0n) is 12.3. The van der Waals surface area contributed by atoms with Crippen LogP contribution in [0.1, 0.15) is 29.0 Å². The fraction of sp³-hybridized carbons (Fsp3) is 0.222. The maximum absolute atomic E-state index is 10.8. The number of terminal acetylenes is 1. The molecule has 0 aromatic heterocycles. The highest BCUT2D eigenvalue weighted by Crippen LogP contribution is 2.31. The van der Waals surface area contributed by atoms with E-state index in [1.165, 1.54) is 12.1 Å². The highest BCUT2D eigenvalue weighted by Gasteiger charge is 2.23. The third kappa shape index (κ3) is 3.51. The van der Waals surface area contributed by atoms with E-state index in [0.29, 0.717) is 0 Å². The molecule has 22 heavy (non-hydrogen) atoms. The summed E-state index contributed by atoms with van der Waals surface area (Å²) in [4.78, 5) is 10.3. The Bertz CT molecular complexity index is 684. The summed E-state index contributed by atoms with van der Waals surface area (Å²) in [6, 6.07) is 14.1. The van der Waals surface area contributed by atoms with Crippen LogP contribution in [0, 0.1) is 29.4 Å². The monoisotopic (exact) mass is 295 g/mol. The Morgan fingerprint density at radius 1 is 1.14 bits per heavy atom.